The zero-order chi connectivity index (χ0) is 14.9. The molecule has 110 valence electrons. The average Bonchev–Trinajstić information content (AvgIpc) is 3.11. The lowest BCUT2D eigenvalue weighted by atomic mass is 10.1. The van der Waals surface area contributed by atoms with Crippen LogP contribution in [0.5, 0.6) is 0 Å². The molecule has 0 amide bonds. The second-order valence-corrected chi connectivity index (χ2v) is 6.84. The van der Waals surface area contributed by atoms with Crippen molar-refractivity contribution in [3.05, 3.63) is 23.8 Å². The van der Waals surface area contributed by atoms with E-state index in [9.17, 15) is 18.3 Å². The maximum absolute atomic E-state index is 11.3. The summed E-state index contributed by atoms with van der Waals surface area (Å²) in [4.78, 5) is 11.0. The Morgan fingerprint density at radius 2 is 2.15 bits per heavy atom. The van der Waals surface area contributed by atoms with Crippen LogP contribution in [0.1, 0.15) is 36.5 Å². The van der Waals surface area contributed by atoms with Gasteiger partial charge in [0.2, 0.25) is 10.0 Å². The molecule has 0 spiro atoms. The van der Waals surface area contributed by atoms with Crippen LogP contribution in [-0.2, 0) is 10.0 Å². The van der Waals surface area contributed by atoms with Crippen LogP contribution in [-0.4, -0.2) is 25.5 Å². The molecule has 6 nitrogen and oxygen atoms in total. The molecular weight excluding hydrogens is 280 g/mol. The van der Waals surface area contributed by atoms with Crippen molar-refractivity contribution in [2.75, 3.05) is 5.32 Å². The minimum absolute atomic E-state index is 0.0841. The third kappa shape index (κ3) is 3.71. The Morgan fingerprint density at radius 3 is 2.65 bits per heavy atom. The summed E-state index contributed by atoms with van der Waals surface area (Å²) in [6.45, 7) is 1.98. The maximum atomic E-state index is 11.3. The van der Waals surface area contributed by atoms with Gasteiger partial charge < -0.3 is 10.4 Å². The fourth-order valence-corrected chi connectivity index (χ4v) is 2.72. The minimum Gasteiger partial charge on any atom is -0.478 e. The lowest BCUT2D eigenvalue weighted by Gasteiger charge is -2.17. The Kier molecular flexibility index (Phi) is 4.01. The number of sulfonamides is 1. The zero-order valence-electron chi connectivity index (χ0n) is 11.2. The molecule has 0 radical (unpaired) electrons. The summed E-state index contributed by atoms with van der Waals surface area (Å²) >= 11 is 0. The molecule has 7 heteroatoms. The standard InChI is InChI=1S/C13H18N2O4S/c1-8(6-9-2-3-9)15-12-5-4-10(20(14,18)19)7-11(12)13(16)17/h4-5,7-9,15H,2-3,6H2,1H3,(H,16,17)(H2,14,18,19). The second kappa shape index (κ2) is 5.41. The van der Waals surface area contributed by atoms with Crippen molar-refractivity contribution >= 4 is 21.7 Å². The SMILES string of the molecule is CC(CC1CC1)Nc1ccc(S(N)(=O)=O)cc1C(=O)O. The summed E-state index contributed by atoms with van der Waals surface area (Å²) in [6.07, 6.45) is 3.43. The molecule has 0 aromatic heterocycles. The van der Waals surface area contributed by atoms with E-state index in [2.05, 4.69) is 5.32 Å². The molecule has 2 rings (SSSR count). The molecule has 4 N–H and O–H groups in total. The van der Waals surface area contributed by atoms with Crippen LogP contribution in [0.2, 0.25) is 0 Å². The van der Waals surface area contributed by atoms with Gasteiger partial charge in [-0.3, -0.25) is 0 Å². The number of carbonyl (C=O) groups is 1. The number of nitrogens with two attached hydrogens (primary N) is 1. The van der Waals surface area contributed by atoms with Crippen LogP contribution < -0.4 is 10.5 Å². The quantitative estimate of drug-likeness (QED) is 0.739. The average molecular weight is 298 g/mol. The number of rotatable bonds is 6. The molecule has 1 aliphatic rings. The van der Waals surface area contributed by atoms with Gasteiger partial charge in [-0.1, -0.05) is 12.8 Å². The van der Waals surface area contributed by atoms with E-state index in [4.69, 9.17) is 5.14 Å². The van der Waals surface area contributed by atoms with Crippen LogP contribution in [0.15, 0.2) is 23.1 Å². The molecule has 0 saturated heterocycles. The molecule has 1 aromatic carbocycles. The number of benzene rings is 1. The molecule has 1 fully saturated rings. The molecular formula is C13H18N2O4S. The first-order valence-electron chi connectivity index (χ1n) is 6.44. The van der Waals surface area contributed by atoms with Gasteiger partial charge in [-0.15, -0.1) is 0 Å². The molecule has 0 aliphatic heterocycles. The first-order chi connectivity index (χ1) is 9.27. The second-order valence-electron chi connectivity index (χ2n) is 5.28. The van der Waals surface area contributed by atoms with Crippen LogP contribution in [0.4, 0.5) is 5.69 Å². The Labute approximate surface area is 118 Å². The van der Waals surface area contributed by atoms with Crippen molar-refractivity contribution in [3.63, 3.8) is 0 Å². The summed E-state index contributed by atoms with van der Waals surface area (Å²) < 4.78 is 22.5. The van der Waals surface area contributed by atoms with Crippen LogP contribution in [0, 0.1) is 5.92 Å². The van der Waals surface area contributed by atoms with E-state index in [1.165, 1.54) is 25.0 Å². The highest BCUT2D eigenvalue weighted by molar-refractivity contribution is 7.89. The molecule has 20 heavy (non-hydrogen) atoms. The highest BCUT2D eigenvalue weighted by Gasteiger charge is 2.24. The lowest BCUT2D eigenvalue weighted by Crippen LogP contribution is -2.19. The number of hydrogen-bond donors (Lipinski definition) is 3. The van der Waals surface area contributed by atoms with Gasteiger partial charge in [0.25, 0.3) is 0 Å². The number of primary sulfonamides is 1. The monoisotopic (exact) mass is 298 g/mol. The lowest BCUT2D eigenvalue weighted by molar-refractivity contribution is 0.0697. The van der Waals surface area contributed by atoms with Crippen molar-refractivity contribution in [2.24, 2.45) is 11.1 Å². The first-order valence-corrected chi connectivity index (χ1v) is 7.98. The van der Waals surface area contributed by atoms with E-state index in [-0.39, 0.29) is 16.5 Å². The molecule has 0 heterocycles. The molecule has 1 atom stereocenters. The maximum Gasteiger partial charge on any atom is 0.337 e. The molecule has 1 unspecified atom stereocenters. The first kappa shape index (κ1) is 14.8. The van der Waals surface area contributed by atoms with E-state index in [0.717, 1.165) is 18.4 Å². The number of hydrogen-bond acceptors (Lipinski definition) is 4. The van der Waals surface area contributed by atoms with Crippen LogP contribution in [0.25, 0.3) is 0 Å². The van der Waals surface area contributed by atoms with Crippen molar-refractivity contribution < 1.29 is 18.3 Å². The van der Waals surface area contributed by atoms with Crippen molar-refractivity contribution in [1.29, 1.82) is 0 Å². The normalized spacial score (nSPS) is 16.7. The Morgan fingerprint density at radius 1 is 1.50 bits per heavy atom. The highest BCUT2D eigenvalue weighted by Crippen LogP contribution is 2.34. The topological polar surface area (TPSA) is 109 Å². The van der Waals surface area contributed by atoms with Crippen molar-refractivity contribution in [3.8, 4) is 0 Å². The molecule has 1 aromatic rings. The fourth-order valence-electron chi connectivity index (χ4n) is 2.18. The van der Waals surface area contributed by atoms with E-state index in [1.807, 2.05) is 6.92 Å². The Bertz CT molecular complexity index is 623. The van der Waals surface area contributed by atoms with E-state index in [1.54, 1.807) is 0 Å². The van der Waals surface area contributed by atoms with Gasteiger partial charge in [-0.25, -0.2) is 18.4 Å². The number of carboxylic acids is 1. The number of aromatic carboxylic acids is 1. The van der Waals surface area contributed by atoms with E-state index < -0.39 is 16.0 Å². The van der Waals surface area contributed by atoms with Gasteiger partial charge in [0.05, 0.1) is 10.5 Å². The predicted molar refractivity (Wildman–Crippen MR) is 75.2 cm³/mol. The number of nitrogens with one attached hydrogen (secondary N) is 1. The van der Waals surface area contributed by atoms with Gasteiger partial charge >= 0.3 is 5.97 Å². The summed E-state index contributed by atoms with van der Waals surface area (Å²) in [5.74, 6) is -0.467. The van der Waals surface area contributed by atoms with Gasteiger partial charge in [-0.05, 0) is 37.5 Å². The van der Waals surface area contributed by atoms with E-state index >= 15 is 0 Å². The fraction of sp³-hybridized carbons (Fsp3) is 0.462. The minimum atomic E-state index is -3.90. The molecule has 1 aliphatic carbocycles. The van der Waals surface area contributed by atoms with Crippen molar-refractivity contribution in [2.45, 2.75) is 37.1 Å². The summed E-state index contributed by atoms with van der Waals surface area (Å²) in [5.41, 5.74) is 0.331. The van der Waals surface area contributed by atoms with Gasteiger partial charge in [0.1, 0.15) is 0 Å². The van der Waals surface area contributed by atoms with Gasteiger partial charge in [-0.2, -0.15) is 0 Å². The Hall–Kier alpha value is -1.60. The molecule has 0 bridgehead atoms. The number of anilines is 1. The van der Waals surface area contributed by atoms with Crippen molar-refractivity contribution in [1.82, 2.24) is 0 Å². The highest BCUT2D eigenvalue weighted by atomic mass is 32.2. The summed E-state index contributed by atoms with van der Waals surface area (Å²) in [5, 5.41) is 17.3. The van der Waals surface area contributed by atoms with Gasteiger partial charge in [0, 0.05) is 11.7 Å². The zero-order valence-corrected chi connectivity index (χ0v) is 12.0. The smallest absolute Gasteiger partial charge is 0.337 e. The van der Waals surface area contributed by atoms with Crippen LogP contribution in [0.3, 0.4) is 0 Å². The predicted octanol–water partition coefficient (Wildman–Crippen LogP) is 1.63. The third-order valence-electron chi connectivity index (χ3n) is 3.34. The third-order valence-corrected chi connectivity index (χ3v) is 4.25. The largest absolute Gasteiger partial charge is 0.478 e. The van der Waals surface area contributed by atoms with Crippen LogP contribution >= 0.6 is 0 Å². The number of carboxylic acid groups (broad SMARTS) is 1. The van der Waals surface area contributed by atoms with E-state index in [0.29, 0.717) is 5.69 Å². The molecule has 1 saturated carbocycles. The van der Waals surface area contributed by atoms with Gasteiger partial charge in [0.15, 0.2) is 0 Å². The summed E-state index contributed by atoms with van der Waals surface area (Å²) in [7, 11) is -3.90. The summed E-state index contributed by atoms with van der Waals surface area (Å²) in [6, 6.07) is 3.99. The Balaban J connectivity index is 2.25.